The number of carbonyl (C=O) groups is 1. The highest BCUT2D eigenvalue weighted by atomic mass is 35.5. The predicted molar refractivity (Wildman–Crippen MR) is 130 cm³/mol. The van der Waals surface area contributed by atoms with Crippen LogP contribution in [0.1, 0.15) is 11.3 Å². The molecule has 1 aromatic heterocycles. The van der Waals surface area contributed by atoms with Gasteiger partial charge >= 0.3 is 5.97 Å². The van der Waals surface area contributed by atoms with Crippen LogP contribution >= 0.6 is 11.6 Å². The molecule has 0 aliphatic carbocycles. The number of nitrogens with zero attached hydrogens (tertiary/aromatic N) is 3. The summed E-state index contributed by atoms with van der Waals surface area (Å²) in [5, 5.41) is 15.0. The zero-order valence-corrected chi connectivity index (χ0v) is 18.5. The third kappa shape index (κ3) is 4.58. The molecule has 4 aromatic rings. The van der Waals surface area contributed by atoms with Gasteiger partial charge in [0, 0.05) is 30.4 Å². The fourth-order valence-electron chi connectivity index (χ4n) is 3.45. The first kappa shape index (κ1) is 21.4. The molecular formula is C26H22ClN3O2. The lowest BCUT2D eigenvalue weighted by molar-refractivity contribution is -0.130. The van der Waals surface area contributed by atoms with Gasteiger partial charge in [0.25, 0.3) is 0 Å². The molecule has 0 aliphatic rings. The van der Waals surface area contributed by atoms with Gasteiger partial charge in [0.2, 0.25) is 0 Å². The van der Waals surface area contributed by atoms with E-state index >= 15 is 0 Å². The van der Waals surface area contributed by atoms with Crippen molar-refractivity contribution in [1.29, 1.82) is 0 Å². The first-order valence-electron chi connectivity index (χ1n) is 10.1. The highest BCUT2D eigenvalue weighted by Gasteiger charge is 2.15. The molecule has 6 heteroatoms. The van der Waals surface area contributed by atoms with Crippen LogP contribution in [-0.4, -0.2) is 35.0 Å². The zero-order chi connectivity index (χ0) is 22.7. The van der Waals surface area contributed by atoms with Crippen LogP contribution in [0.15, 0.2) is 84.9 Å². The van der Waals surface area contributed by atoms with Gasteiger partial charge in [0.1, 0.15) is 0 Å². The minimum atomic E-state index is -1.04. The Kier molecular flexibility index (Phi) is 6.10. The van der Waals surface area contributed by atoms with Crippen molar-refractivity contribution in [2.24, 2.45) is 0 Å². The number of aromatic nitrogens is 2. The lowest BCUT2D eigenvalue weighted by Gasteiger charge is -2.13. The maximum Gasteiger partial charge on any atom is 0.336 e. The van der Waals surface area contributed by atoms with E-state index in [1.54, 1.807) is 30.3 Å². The Bertz CT molecular complexity index is 1280. The summed E-state index contributed by atoms with van der Waals surface area (Å²) in [5.41, 5.74) is 5.00. The second-order valence-corrected chi connectivity index (χ2v) is 7.95. The van der Waals surface area contributed by atoms with Crippen molar-refractivity contribution in [3.05, 3.63) is 101 Å². The summed E-state index contributed by atoms with van der Waals surface area (Å²) >= 11 is 6.08. The van der Waals surface area contributed by atoms with Gasteiger partial charge in [-0.3, -0.25) is 0 Å². The molecule has 0 aliphatic heterocycles. The minimum absolute atomic E-state index is 0.125. The van der Waals surface area contributed by atoms with E-state index < -0.39 is 5.97 Å². The van der Waals surface area contributed by atoms with Crippen molar-refractivity contribution in [3.8, 4) is 16.9 Å². The molecule has 0 atom stereocenters. The number of carboxylic acids is 1. The van der Waals surface area contributed by atoms with Crippen molar-refractivity contribution >= 4 is 34.9 Å². The molecule has 0 spiro atoms. The number of carboxylic acid groups (broad SMARTS) is 1. The van der Waals surface area contributed by atoms with E-state index in [0.717, 1.165) is 22.6 Å². The number of hydrogen-bond donors (Lipinski definition) is 1. The Labute approximate surface area is 191 Å². The normalized spacial score (nSPS) is 11.4. The zero-order valence-electron chi connectivity index (χ0n) is 17.7. The fourth-order valence-corrected chi connectivity index (χ4v) is 3.64. The van der Waals surface area contributed by atoms with Crippen LogP contribution in [0.25, 0.3) is 28.6 Å². The van der Waals surface area contributed by atoms with Gasteiger partial charge in [0.05, 0.1) is 22.6 Å². The number of hydrogen-bond acceptors (Lipinski definition) is 3. The second-order valence-electron chi connectivity index (χ2n) is 7.52. The third-order valence-electron chi connectivity index (χ3n) is 5.07. The average Bonchev–Trinajstić information content (AvgIpc) is 3.22. The van der Waals surface area contributed by atoms with Crippen LogP contribution < -0.4 is 4.90 Å². The maximum atomic E-state index is 12.0. The summed E-state index contributed by atoms with van der Waals surface area (Å²) in [4.78, 5) is 14.0. The number of benzene rings is 3. The van der Waals surface area contributed by atoms with Crippen LogP contribution in [-0.2, 0) is 4.79 Å². The average molecular weight is 444 g/mol. The van der Waals surface area contributed by atoms with Crippen LogP contribution in [0.2, 0.25) is 5.02 Å². The largest absolute Gasteiger partial charge is 0.478 e. The SMILES string of the molecule is CN(C)c1ccc(-n2nc(/C=C(\C(=O)O)c3cccc(Cl)c3)cc2-c2ccccc2)cc1. The highest BCUT2D eigenvalue weighted by molar-refractivity contribution is 6.31. The van der Waals surface area contributed by atoms with Crippen molar-refractivity contribution < 1.29 is 9.90 Å². The van der Waals surface area contributed by atoms with E-state index in [0.29, 0.717) is 16.3 Å². The van der Waals surface area contributed by atoms with E-state index in [2.05, 4.69) is 0 Å². The molecule has 0 fully saturated rings. The van der Waals surface area contributed by atoms with Gasteiger partial charge < -0.3 is 10.0 Å². The van der Waals surface area contributed by atoms with Gasteiger partial charge in [-0.15, -0.1) is 0 Å². The minimum Gasteiger partial charge on any atom is -0.478 e. The second kappa shape index (κ2) is 9.12. The molecule has 5 nitrogen and oxygen atoms in total. The molecule has 0 unspecified atom stereocenters. The Morgan fingerprint density at radius 2 is 1.69 bits per heavy atom. The lowest BCUT2D eigenvalue weighted by Crippen LogP contribution is -2.08. The van der Waals surface area contributed by atoms with Gasteiger partial charge in [-0.1, -0.05) is 54.1 Å². The Morgan fingerprint density at radius 1 is 0.969 bits per heavy atom. The maximum absolute atomic E-state index is 12.0. The first-order chi connectivity index (χ1) is 15.4. The van der Waals surface area contributed by atoms with Crippen molar-refractivity contribution in [2.45, 2.75) is 0 Å². The summed E-state index contributed by atoms with van der Waals surface area (Å²) in [6, 6.07) is 26.6. The third-order valence-corrected chi connectivity index (χ3v) is 5.30. The molecule has 32 heavy (non-hydrogen) atoms. The van der Waals surface area contributed by atoms with Crippen molar-refractivity contribution in [1.82, 2.24) is 9.78 Å². The quantitative estimate of drug-likeness (QED) is 0.378. The van der Waals surface area contributed by atoms with Gasteiger partial charge in [-0.2, -0.15) is 5.10 Å². The standard InChI is InChI=1S/C26H22ClN3O2/c1-29(2)22-11-13-23(14-12-22)30-25(18-7-4-3-5-8-18)17-21(28-30)16-24(26(31)32)19-9-6-10-20(27)15-19/h3-17H,1-2H3,(H,31,32)/b24-16-. The molecule has 0 bridgehead atoms. The van der Waals surface area contributed by atoms with Gasteiger partial charge in [-0.25, -0.2) is 9.48 Å². The fraction of sp³-hybridized carbons (Fsp3) is 0.0769. The van der Waals surface area contributed by atoms with Crippen molar-refractivity contribution in [2.75, 3.05) is 19.0 Å². The van der Waals surface area contributed by atoms with E-state index in [9.17, 15) is 9.90 Å². The van der Waals surface area contributed by atoms with Crippen molar-refractivity contribution in [3.63, 3.8) is 0 Å². The molecule has 0 saturated heterocycles. The number of anilines is 1. The van der Waals surface area contributed by atoms with Crippen LogP contribution in [0, 0.1) is 0 Å². The molecule has 3 aromatic carbocycles. The van der Waals surface area contributed by atoms with Crippen LogP contribution in [0.5, 0.6) is 0 Å². The summed E-state index contributed by atoms with van der Waals surface area (Å²) in [7, 11) is 3.98. The topological polar surface area (TPSA) is 58.4 Å². The van der Waals surface area contributed by atoms with Gasteiger partial charge in [-0.05, 0) is 54.1 Å². The predicted octanol–water partition coefficient (Wildman–Crippen LogP) is 5.88. The molecule has 0 saturated carbocycles. The number of rotatable bonds is 6. The molecule has 4 rings (SSSR count). The summed E-state index contributed by atoms with van der Waals surface area (Å²) in [6.07, 6.45) is 1.57. The van der Waals surface area contributed by atoms with E-state index in [1.807, 2.05) is 84.3 Å². The molecule has 0 amide bonds. The van der Waals surface area contributed by atoms with E-state index in [-0.39, 0.29) is 5.57 Å². The Hall–Kier alpha value is -3.83. The lowest BCUT2D eigenvalue weighted by atomic mass is 10.0. The molecule has 1 N–H and O–H groups in total. The molecule has 0 radical (unpaired) electrons. The molecular weight excluding hydrogens is 422 g/mol. The smallest absolute Gasteiger partial charge is 0.336 e. The number of halogens is 1. The van der Waals surface area contributed by atoms with Crippen LogP contribution in [0.3, 0.4) is 0 Å². The first-order valence-corrected chi connectivity index (χ1v) is 10.4. The van der Waals surface area contributed by atoms with Crippen LogP contribution in [0.4, 0.5) is 5.69 Å². The number of aliphatic carboxylic acids is 1. The molecule has 160 valence electrons. The van der Waals surface area contributed by atoms with E-state index in [4.69, 9.17) is 16.7 Å². The van der Waals surface area contributed by atoms with E-state index in [1.165, 1.54) is 0 Å². The Morgan fingerprint density at radius 3 is 2.31 bits per heavy atom. The van der Waals surface area contributed by atoms with Gasteiger partial charge in [0.15, 0.2) is 0 Å². The summed E-state index contributed by atoms with van der Waals surface area (Å²) in [5.74, 6) is -1.04. The summed E-state index contributed by atoms with van der Waals surface area (Å²) < 4.78 is 1.83. The molecule has 1 heterocycles. The highest BCUT2D eigenvalue weighted by Crippen LogP contribution is 2.28. The monoisotopic (exact) mass is 443 g/mol. The summed E-state index contributed by atoms with van der Waals surface area (Å²) in [6.45, 7) is 0. The Balaban J connectivity index is 1.85.